The lowest BCUT2D eigenvalue weighted by molar-refractivity contribution is -0.122. The average Bonchev–Trinajstić information content (AvgIpc) is 2.36. The molecule has 1 aromatic carbocycles. The summed E-state index contributed by atoms with van der Waals surface area (Å²) in [5, 5.41) is 6.04. The number of hydrogen-bond acceptors (Lipinski definition) is 2. The van der Waals surface area contributed by atoms with E-state index < -0.39 is 0 Å². The second-order valence-corrected chi connectivity index (χ2v) is 5.08. The van der Waals surface area contributed by atoms with Crippen LogP contribution < -0.4 is 10.6 Å². The number of rotatable bonds is 6. The first-order valence-electron chi connectivity index (χ1n) is 6.54. The molecule has 0 aliphatic carbocycles. The first-order valence-corrected chi connectivity index (χ1v) is 6.54. The van der Waals surface area contributed by atoms with E-state index in [0.29, 0.717) is 13.0 Å². The zero-order chi connectivity index (χ0) is 13.6. The Morgan fingerprint density at radius 2 is 1.83 bits per heavy atom. The summed E-state index contributed by atoms with van der Waals surface area (Å²) in [6.45, 7) is 6.91. The van der Waals surface area contributed by atoms with Crippen molar-refractivity contribution in [2.75, 3.05) is 13.6 Å². The van der Waals surface area contributed by atoms with Crippen LogP contribution in [0.1, 0.15) is 38.3 Å². The normalized spacial score (nSPS) is 11.3. The molecule has 0 saturated heterocycles. The lowest BCUT2D eigenvalue weighted by atomic mass is 9.93. The summed E-state index contributed by atoms with van der Waals surface area (Å²) in [4.78, 5) is 11.8. The average molecular weight is 248 g/mol. The molecular weight excluding hydrogens is 224 g/mol. The number of benzene rings is 1. The molecule has 1 amide bonds. The van der Waals surface area contributed by atoms with E-state index in [1.165, 1.54) is 5.56 Å². The maximum atomic E-state index is 11.8. The quantitative estimate of drug-likeness (QED) is 0.810. The van der Waals surface area contributed by atoms with Crippen molar-refractivity contribution in [1.82, 2.24) is 10.6 Å². The molecule has 0 aliphatic heterocycles. The Morgan fingerprint density at radius 3 is 2.33 bits per heavy atom. The van der Waals surface area contributed by atoms with Crippen LogP contribution in [0.2, 0.25) is 0 Å². The standard InChI is InChI=1S/C15H24N2O/c1-5-12-6-8-13(9-7-12)15(2,3)17-14(18)10-11-16-4/h6-9,16H,5,10-11H2,1-4H3,(H,17,18). The van der Waals surface area contributed by atoms with Crippen LogP contribution in [0.15, 0.2) is 24.3 Å². The second-order valence-electron chi connectivity index (χ2n) is 5.08. The summed E-state index contributed by atoms with van der Waals surface area (Å²) < 4.78 is 0. The molecule has 0 heterocycles. The molecule has 1 aromatic rings. The highest BCUT2D eigenvalue weighted by Gasteiger charge is 2.22. The molecule has 0 bridgehead atoms. The third-order valence-electron chi connectivity index (χ3n) is 3.14. The van der Waals surface area contributed by atoms with Gasteiger partial charge in [-0.2, -0.15) is 0 Å². The molecule has 0 spiro atoms. The molecule has 0 aromatic heterocycles. The van der Waals surface area contributed by atoms with E-state index in [1.807, 2.05) is 20.9 Å². The van der Waals surface area contributed by atoms with Crippen LogP contribution in [0.3, 0.4) is 0 Å². The fraction of sp³-hybridized carbons (Fsp3) is 0.533. The first-order chi connectivity index (χ1) is 8.49. The van der Waals surface area contributed by atoms with Crippen LogP contribution >= 0.6 is 0 Å². The van der Waals surface area contributed by atoms with E-state index in [2.05, 4.69) is 41.8 Å². The van der Waals surface area contributed by atoms with Crippen molar-refractivity contribution < 1.29 is 4.79 Å². The van der Waals surface area contributed by atoms with Gasteiger partial charge in [-0.15, -0.1) is 0 Å². The lowest BCUT2D eigenvalue weighted by Crippen LogP contribution is -2.41. The highest BCUT2D eigenvalue weighted by atomic mass is 16.1. The molecule has 0 unspecified atom stereocenters. The second kappa shape index (κ2) is 6.55. The van der Waals surface area contributed by atoms with E-state index in [9.17, 15) is 4.79 Å². The van der Waals surface area contributed by atoms with Gasteiger partial charge in [-0.1, -0.05) is 31.2 Å². The van der Waals surface area contributed by atoms with Crippen LogP contribution in [0, 0.1) is 0 Å². The van der Waals surface area contributed by atoms with Gasteiger partial charge in [0.1, 0.15) is 0 Å². The van der Waals surface area contributed by atoms with Gasteiger partial charge < -0.3 is 10.6 Å². The van der Waals surface area contributed by atoms with Crippen molar-refractivity contribution in [2.45, 2.75) is 39.2 Å². The van der Waals surface area contributed by atoms with Crippen LogP contribution in [0.5, 0.6) is 0 Å². The van der Waals surface area contributed by atoms with E-state index >= 15 is 0 Å². The van der Waals surface area contributed by atoms with Crippen LogP contribution in [-0.4, -0.2) is 19.5 Å². The predicted octanol–water partition coefficient (Wildman–Crippen LogP) is 2.21. The Balaban J connectivity index is 2.69. The summed E-state index contributed by atoms with van der Waals surface area (Å²) in [6, 6.07) is 8.43. The molecule has 3 heteroatoms. The van der Waals surface area contributed by atoms with Gasteiger partial charge in [-0.05, 0) is 38.4 Å². The zero-order valence-electron chi connectivity index (χ0n) is 11.8. The molecule has 100 valence electrons. The number of aryl methyl sites for hydroxylation is 1. The smallest absolute Gasteiger partial charge is 0.221 e. The molecule has 2 N–H and O–H groups in total. The number of nitrogens with one attached hydrogen (secondary N) is 2. The fourth-order valence-corrected chi connectivity index (χ4v) is 1.88. The Bertz CT molecular complexity index is 382. The molecule has 0 aliphatic rings. The molecule has 1 rings (SSSR count). The SMILES string of the molecule is CCc1ccc(C(C)(C)NC(=O)CCNC)cc1. The van der Waals surface area contributed by atoms with Crippen LogP contribution in [0.4, 0.5) is 0 Å². The highest BCUT2D eigenvalue weighted by Crippen LogP contribution is 2.20. The van der Waals surface area contributed by atoms with Crippen LogP contribution in [-0.2, 0) is 16.8 Å². The van der Waals surface area contributed by atoms with Gasteiger partial charge in [0.15, 0.2) is 0 Å². The molecule has 0 saturated carbocycles. The Morgan fingerprint density at radius 1 is 1.22 bits per heavy atom. The monoisotopic (exact) mass is 248 g/mol. The van der Waals surface area contributed by atoms with Gasteiger partial charge in [-0.3, -0.25) is 4.79 Å². The molecule has 0 radical (unpaired) electrons. The van der Waals surface area contributed by atoms with Gasteiger partial charge >= 0.3 is 0 Å². The van der Waals surface area contributed by atoms with Crippen molar-refractivity contribution in [3.05, 3.63) is 35.4 Å². The Hall–Kier alpha value is -1.35. The Kier molecular flexibility index (Phi) is 5.35. The third-order valence-corrected chi connectivity index (χ3v) is 3.14. The van der Waals surface area contributed by atoms with Gasteiger partial charge in [0.25, 0.3) is 0 Å². The van der Waals surface area contributed by atoms with Crippen LogP contribution in [0.25, 0.3) is 0 Å². The minimum absolute atomic E-state index is 0.0777. The van der Waals surface area contributed by atoms with Crippen molar-refractivity contribution >= 4 is 5.91 Å². The summed E-state index contributed by atoms with van der Waals surface area (Å²) in [5.74, 6) is 0.0777. The largest absolute Gasteiger partial charge is 0.347 e. The van der Waals surface area contributed by atoms with Gasteiger partial charge in [0.05, 0.1) is 5.54 Å². The third kappa shape index (κ3) is 4.15. The number of carbonyl (C=O) groups excluding carboxylic acids is 1. The van der Waals surface area contributed by atoms with Crippen molar-refractivity contribution in [3.8, 4) is 0 Å². The van der Waals surface area contributed by atoms with E-state index in [1.54, 1.807) is 0 Å². The minimum Gasteiger partial charge on any atom is -0.347 e. The summed E-state index contributed by atoms with van der Waals surface area (Å²) in [6.07, 6.45) is 1.54. The van der Waals surface area contributed by atoms with E-state index in [-0.39, 0.29) is 11.4 Å². The van der Waals surface area contributed by atoms with Crippen molar-refractivity contribution in [2.24, 2.45) is 0 Å². The lowest BCUT2D eigenvalue weighted by Gasteiger charge is -2.27. The zero-order valence-corrected chi connectivity index (χ0v) is 11.8. The van der Waals surface area contributed by atoms with Gasteiger partial charge in [0.2, 0.25) is 5.91 Å². The highest BCUT2D eigenvalue weighted by molar-refractivity contribution is 5.77. The minimum atomic E-state index is -0.322. The van der Waals surface area contributed by atoms with Crippen molar-refractivity contribution in [3.63, 3.8) is 0 Å². The summed E-state index contributed by atoms with van der Waals surface area (Å²) >= 11 is 0. The molecule has 0 fully saturated rings. The molecule has 0 atom stereocenters. The summed E-state index contributed by atoms with van der Waals surface area (Å²) in [7, 11) is 1.85. The topological polar surface area (TPSA) is 41.1 Å². The maximum absolute atomic E-state index is 11.8. The number of hydrogen-bond donors (Lipinski definition) is 2. The first kappa shape index (κ1) is 14.7. The van der Waals surface area contributed by atoms with E-state index in [4.69, 9.17) is 0 Å². The molecular formula is C15H24N2O. The van der Waals surface area contributed by atoms with Gasteiger partial charge in [0, 0.05) is 13.0 Å². The van der Waals surface area contributed by atoms with E-state index in [0.717, 1.165) is 12.0 Å². The fourth-order valence-electron chi connectivity index (χ4n) is 1.88. The Labute approximate surface area is 110 Å². The molecule has 18 heavy (non-hydrogen) atoms. The predicted molar refractivity (Wildman–Crippen MR) is 75.5 cm³/mol. The number of amides is 1. The molecule has 3 nitrogen and oxygen atoms in total. The number of carbonyl (C=O) groups is 1. The van der Waals surface area contributed by atoms with Crippen molar-refractivity contribution in [1.29, 1.82) is 0 Å². The summed E-state index contributed by atoms with van der Waals surface area (Å²) in [5.41, 5.74) is 2.13. The maximum Gasteiger partial charge on any atom is 0.221 e. The van der Waals surface area contributed by atoms with Gasteiger partial charge in [-0.25, -0.2) is 0 Å².